The van der Waals surface area contributed by atoms with Crippen LogP contribution in [0, 0.1) is 6.92 Å². The predicted molar refractivity (Wildman–Crippen MR) is 91.8 cm³/mol. The van der Waals surface area contributed by atoms with E-state index in [4.69, 9.17) is 4.74 Å². The molecular formula is C16H30BrN3O. The van der Waals surface area contributed by atoms with Gasteiger partial charge >= 0.3 is 0 Å². The molecule has 4 nitrogen and oxygen atoms in total. The van der Waals surface area contributed by atoms with Crippen molar-refractivity contribution >= 4 is 15.9 Å². The monoisotopic (exact) mass is 359 g/mol. The molecule has 0 bridgehead atoms. The summed E-state index contributed by atoms with van der Waals surface area (Å²) in [6.07, 6.45) is 2.90. The van der Waals surface area contributed by atoms with Gasteiger partial charge in [-0.1, -0.05) is 20.8 Å². The Labute approximate surface area is 137 Å². The van der Waals surface area contributed by atoms with Crippen LogP contribution in [0.2, 0.25) is 0 Å². The average molecular weight is 360 g/mol. The van der Waals surface area contributed by atoms with Gasteiger partial charge in [0.1, 0.15) is 0 Å². The van der Waals surface area contributed by atoms with E-state index in [0.29, 0.717) is 0 Å². The summed E-state index contributed by atoms with van der Waals surface area (Å²) in [6, 6.07) is 0.278. The molecule has 0 aromatic carbocycles. The minimum atomic E-state index is -0.133. The summed E-state index contributed by atoms with van der Waals surface area (Å²) in [7, 11) is 1.83. The quantitative estimate of drug-likeness (QED) is 0.730. The number of hydrogen-bond acceptors (Lipinski definition) is 3. The topological polar surface area (TPSA) is 39.1 Å². The molecule has 0 aliphatic carbocycles. The van der Waals surface area contributed by atoms with Crippen LogP contribution < -0.4 is 5.32 Å². The summed E-state index contributed by atoms with van der Waals surface area (Å²) in [5.74, 6) is 0. The van der Waals surface area contributed by atoms with Crippen molar-refractivity contribution < 1.29 is 4.74 Å². The van der Waals surface area contributed by atoms with Crippen LogP contribution in [0.25, 0.3) is 0 Å². The van der Waals surface area contributed by atoms with E-state index in [1.807, 2.05) is 14.0 Å². The smallest absolute Gasteiger partial charge is 0.0829 e. The number of aromatic nitrogens is 2. The number of methoxy groups -OCH3 is 1. The van der Waals surface area contributed by atoms with Crippen LogP contribution in [0.15, 0.2) is 4.47 Å². The maximum absolute atomic E-state index is 5.94. The zero-order chi connectivity index (χ0) is 16.0. The van der Waals surface area contributed by atoms with E-state index in [-0.39, 0.29) is 11.6 Å². The molecule has 0 spiro atoms. The van der Waals surface area contributed by atoms with Gasteiger partial charge in [-0.25, -0.2) is 0 Å². The van der Waals surface area contributed by atoms with Crippen LogP contribution >= 0.6 is 15.9 Å². The summed E-state index contributed by atoms with van der Waals surface area (Å²) in [5, 5.41) is 8.23. The number of ether oxygens (including phenoxy) is 1. The van der Waals surface area contributed by atoms with Crippen LogP contribution in [0.5, 0.6) is 0 Å². The molecule has 1 atom stereocenters. The van der Waals surface area contributed by atoms with Gasteiger partial charge in [0.05, 0.1) is 21.5 Å². The van der Waals surface area contributed by atoms with E-state index in [1.54, 1.807) is 0 Å². The van der Waals surface area contributed by atoms with Gasteiger partial charge in [0.15, 0.2) is 0 Å². The molecule has 1 unspecified atom stereocenters. The highest BCUT2D eigenvalue weighted by Crippen LogP contribution is 2.30. The van der Waals surface area contributed by atoms with Crippen LogP contribution in [0.3, 0.4) is 0 Å². The van der Waals surface area contributed by atoms with Crippen molar-refractivity contribution in [3.63, 3.8) is 0 Å². The van der Waals surface area contributed by atoms with E-state index < -0.39 is 0 Å². The van der Waals surface area contributed by atoms with Crippen molar-refractivity contribution in [2.75, 3.05) is 13.7 Å². The predicted octanol–water partition coefficient (Wildman–Crippen LogP) is 3.70. The first-order valence-electron chi connectivity index (χ1n) is 7.99. The second kappa shape index (κ2) is 8.30. The Balaban J connectivity index is 3.14. The highest BCUT2D eigenvalue weighted by Gasteiger charge is 2.36. The maximum atomic E-state index is 5.94. The average Bonchev–Trinajstić information content (AvgIpc) is 2.77. The first-order valence-corrected chi connectivity index (χ1v) is 8.79. The Bertz CT molecular complexity index is 433. The standard InChI is InChI=1S/C16H30BrN3O/c1-7-16(8-2,21-6)14(18-9-3)11-13-15(17)12(5)19-20(13)10-4/h14,18H,7-11H2,1-6H3. The maximum Gasteiger partial charge on any atom is 0.0829 e. The van der Waals surface area contributed by atoms with E-state index in [1.165, 1.54) is 5.69 Å². The van der Waals surface area contributed by atoms with E-state index in [9.17, 15) is 0 Å². The fraction of sp³-hybridized carbons (Fsp3) is 0.812. The first kappa shape index (κ1) is 18.7. The Kier molecular flexibility index (Phi) is 7.37. The molecule has 122 valence electrons. The molecule has 1 N–H and O–H groups in total. The SMILES string of the molecule is CCNC(Cc1c(Br)c(C)nn1CC)C(CC)(CC)OC. The van der Waals surface area contributed by atoms with Gasteiger partial charge in [-0.15, -0.1) is 0 Å². The lowest BCUT2D eigenvalue weighted by Gasteiger charge is -2.39. The lowest BCUT2D eigenvalue weighted by atomic mass is 9.85. The van der Waals surface area contributed by atoms with Gasteiger partial charge in [-0.2, -0.15) is 5.10 Å². The zero-order valence-electron chi connectivity index (χ0n) is 14.3. The van der Waals surface area contributed by atoms with Gasteiger partial charge in [0.2, 0.25) is 0 Å². The molecule has 0 saturated heterocycles. The van der Waals surface area contributed by atoms with Crippen LogP contribution in [0.4, 0.5) is 0 Å². The van der Waals surface area contributed by atoms with Crippen molar-refractivity contribution in [3.05, 3.63) is 15.9 Å². The summed E-state index contributed by atoms with van der Waals surface area (Å²) < 4.78 is 9.16. The summed E-state index contributed by atoms with van der Waals surface area (Å²) in [5.41, 5.74) is 2.18. The highest BCUT2D eigenvalue weighted by molar-refractivity contribution is 9.10. The fourth-order valence-corrected chi connectivity index (χ4v) is 3.57. The van der Waals surface area contributed by atoms with Gasteiger partial charge in [-0.3, -0.25) is 4.68 Å². The molecule has 21 heavy (non-hydrogen) atoms. The largest absolute Gasteiger partial charge is 0.377 e. The van der Waals surface area contributed by atoms with Gasteiger partial charge < -0.3 is 10.1 Å². The first-order chi connectivity index (χ1) is 9.99. The molecule has 1 aromatic rings. The lowest BCUT2D eigenvalue weighted by Crippen LogP contribution is -2.53. The molecule has 1 heterocycles. The van der Waals surface area contributed by atoms with Crippen molar-refractivity contribution in [2.45, 2.75) is 72.1 Å². The molecule has 0 aliphatic heterocycles. The number of likely N-dealkylation sites (N-methyl/N-ethyl adjacent to an activating group) is 1. The molecule has 0 aliphatic rings. The fourth-order valence-electron chi connectivity index (χ4n) is 3.12. The molecule has 5 heteroatoms. The molecule has 0 fully saturated rings. The molecular weight excluding hydrogens is 330 g/mol. The van der Waals surface area contributed by atoms with Crippen molar-refractivity contribution in [2.24, 2.45) is 0 Å². The number of nitrogens with zero attached hydrogens (tertiary/aromatic N) is 2. The summed E-state index contributed by atoms with van der Waals surface area (Å²) >= 11 is 3.70. The minimum absolute atomic E-state index is 0.133. The Morgan fingerprint density at radius 2 is 1.90 bits per heavy atom. The number of halogens is 1. The number of rotatable bonds is 9. The molecule has 0 amide bonds. The van der Waals surface area contributed by atoms with E-state index in [2.05, 4.69) is 58.7 Å². The van der Waals surface area contributed by atoms with E-state index >= 15 is 0 Å². The van der Waals surface area contributed by atoms with Crippen LogP contribution in [0.1, 0.15) is 51.9 Å². The minimum Gasteiger partial charge on any atom is -0.377 e. The summed E-state index contributed by atoms with van der Waals surface area (Å²) in [6.45, 7) is 12.6. The van der Waals surface area contributed by atoms with Crippen molar-refractivity contribution in [1.82, 2.24) is 15.1 Å². The van der Waals surface area contributed by atoms with E-state index in [0.717, 1.165) is 42.5 Å². The Morgan fingerprint density at radius 1 is 1.29 bits per heavy atom. The molecule has 1 aromatic heterocycles. The normalized spacial score (nSPS) is 13.7. The van der Waals surface area contributed by atoms with Crippen LogP contribution in [-0.2, 0) is 17.7 Å². The second-order valence-corrected chi connectivity index (χ2v) is 6.25. The number of hydrogen-bond donors (Lipinski definition) is 1. The molecule has 0 radical (unpaired) electrons. The number of aryl methyl sites for hydroxylation is 2. The third-order valence-electron chi connectivity index (χ3n) is 4.54. The zero-order valence-corrected chi connectivity index (χ0v) is 15.9. The van der Waals surface area contributed by atoms with Gasteiger partial charge in [0.25, 0.3) is 0 Å². The van der Waals surface area contributed by atoms with Crippen molar-refractivity contribution in [3.8, 4) is 0 Å². The molecule has 0 saturated carbocycles. The lowest BCUT2D eigenvalue weighted by molar-refractivity contribution is -0.0473. The molecule has 1 rings (SSSR count). The number of nitrogens with one attached hydrogen (secondary N) is 1. The van der Waals surface area contributed by atoms with Gasteiger partial charge in [0, 0.05) is 26.1 Å². The van der Waals surface area contributed by atoms with Crippen LogP contribution in [-0.4, -0.2) is 35.1 Å². The summed E-state index contributed by atoms with van der Waals surface area (Å²) in [4.78, 5) is 0. The van der Waals surface area contributed by atoms with Gasteiger partial charge in [-0.05, 0) is 49.2 Å². The third kappa shape index (κ3) is 3.88. The highest BCUT2D eigenvalue weighted by atomic mass is 79.9. The second-order valence-electron chi connectivity index (χ2n) is 5.45. The van der Waals surface area contributed by atoms with Crippen molar-refractivity contribution in [1.29, 1.82) is 0 Å². The Hall–Kier alpha value is -0.390. The Morgan fingerprint density at radius 3 is 2.33 bits per heavy atom. The third-order valence-corrected chi connectivity index (χ3v) is 5.57.